The molecule has 0 aromatic heterocycles. The summed E-state index contributed by atoms with van der Waals surface area (Å²) in [7, 11) is 0. The molecule has 2 amide bonds. The van der Waals surface area contributed by atoms with Crippen LogP contribution >= 0.6 is 11.8 Å². The summed E-state index contributed by atoms with van der Waals surface area (Å²) in [5.74, 6) is -0.295. The zero-order valence-corrected chi connectivity index (χ0v) is 13.8. The van der Waals surface area contributed by atoms with Crippen LogP contribution in [0.3, 0.4) is 0 Å². The van der Waals surface area contributed by atoms with Gasteiger partial charge in [0.1, 0.15) is 0 Å². The highest BCUT2D eigenvalue weighted by Crippen LogP contribution is 2.28. The van der Waals surface area contributed by atoms with E-state index in [2.05, 4.69) is 5.32 Å². The maximum atomic E-state index is 12.2. The molecule has 1 aliphatic heterocycles. The topological polar surface area (TPSA) is 49.4 Å². The number of carbonyl (C=O) groups is 2. The van der Waals surface area contributed by atoms with Gasteiger partial charge >= 0.3 is 0 Å². The molecule has 1 fully saturated rings. The molecule has 1 atom stereocenters. The summed E-state index contributed by atoms with van der Waals surface area (Å²) >= 11 is 1.64. The number of rotatable bonds is 3. The van der Waals surface area contributed by atoms with Gasteiger partial charge in [-0.25, -0.2) is 0 Å². The number of nitrogens with one attached hydrogen (secondary N) is 1. The largest absolute Gasteiger partial charge is 0.351 e. The lowest BCUT2D eigenvalue weighted by molar-refractivity contribution is -0.127. The van der Waals surface area contributed by atoms with E-state index in [-0.39, 0.29) is 29.7 Å². The molecule has 1 heterocycles. The molecule has 0 spiro atoms. The molecule has 5 heteroatoms. The number of benzene rings is 1. The Balaban J connectivity index is 2.10. The van der Waals surface area contributed by atoms with Crippen LogP contribution in [-0.4, -0.2) is 30.2 Å². The molecule has 1 unspecified atom stereocenters. The summed E-state index contributed by atoms with van der Waals surface area (Å²) in [5, 5.41) is 2.95. The van der Waals surface area contributed by atoms with Crippen molar-refractivity contribution in [2.24, 2.45) is 5.92 Å². The fraction of sp³-hybridized carbons (Fsp3) is 0.500. The van der Waals surface area contributed by atoms with Gasteiger partial charge in [-0.1, -0.05) is 6.07 Å². The molecule has 0 saturated carbocycles. The highest BCUT2D eigenvalue weighted by atomic mass is 32.2. The van der Waals surface area contributed by atoms with Crippen LogP contribution in [0.2, 0.25) is 0 Å². The van der Waals surface area contributed by atoms with Gasteiger partial charge in [-0.05, 0) is 45.2 Å². The van der Waals surface area contributed by atoms with Gasteiger partial charge < -0.3 is 10.2 Å². The van der Waals surface area contributed by atoms with Gasteiger partial charge in [0.15, 0.2) is 0 Å². The predicted molar refractivity (Wildman–Crippen MR) is 86.6 cm³/mol. The summed E-state index contributed by atoms with van der Waals surface area (Å²) in [6, 6.07) is 7.86. The summed E-state index contributed by atoms with van der Waals surface area (Å²) in [6.45, 7) is 6.29. The first-order chi connectivity index (χ1) is 9.80. The molecule has 0 radical (unpaired) electrons. The third-order valence-electron chi connectivity index (χ3n) is 3.36. The van der Waals surface area contributed by atoms with E-state index in [9.17, 15) is 9.59 Å². The highest BCUT2D eigenvalue weighted by Gasteiger charge is 2.36. The Morgan fingerprint density at radius 2 is 2.10 bits per heavy atom. The molecular weight excluding hydrogens is 284 g/mol. The number of hydrogen-bond donors (Lipinski definition) is 1. The second-order valence-corrected chi connectivity index (χ2v) is 7.23. The fourth-order valence-electron chi connectivity index (χ4n) is 2.38. The molecule has 1 aromatic rings. The van der Waals surface area contributed by atoms with Crippen molar-refractivity contribution in [2.45, 2.75) is 37.6 Å². The normalized spacial score (nSPS) is 19.0. The SMILES string of the molecule is CSc1cccc(N2CC(C(=O)NC(C)(C)C)CC2=O)c1. The van der Waals surface area contributed by atoms with Gasteiger partial charge in [0.05, 0.1) is 5.92 Å². The van der Waals surface area contributed by atoms with E-state index in [1.807, 2.05) is 51.3 Å². The second-order valence-electron chi connectivity index (χ2n) is 6.35. The van der Waals surface area contributed by atoms with Crippen molar-refractivity contribution in [3.8, 4) is 0 Å². The van der Waals surface area contributed by atoms with E-state index in [4.69, 9.17) is 0 Å². The van der Waals surface area contributed by atoms with Crippen LogP contribution in [0.15, 0.2) is 29.2 Å². The van der Waals surface area contributed by atoms with Crippen molar-refractivity contribution < 1.29 is 9.59 Å². The van der Waals surface area contributed by atoms with Gasteiger partial charge in [-0.15, -0.1) is 11.8 Å². The van der Waals surface area contributed by atoms with E-state index >= 15 is 0 Å². The Labute approximate surface area is 130 Å². The Kier molecular flexibility index (Phi) is 4.61. The first-order valence-electron chi connectivity index (χ1n) is 7.06. The van der Waals surface area contributed by atoms with E-state index in [0.29, 0.717) is 6.54 Å². The van der Waals surface area contributed by atoms with Gasteiger partial charge in [-0.2, -0.15) is 0 Å². The molecule has 1 N–H and O–H groups in total. The van der Waals surface area contributed by atoms with E-state index in [0.717, 1.165) is 10.6 Å². The predicted octanol–water partition coefficient (Wildman–Crippen LogP) is 2.68. The minimum Gasteiger partial charge on any atom is -0.351 e. The van der Waals surface area contributed by atoms with Crippen LogP contribution < -0.4 is 10.2 Å². The fourth-order valence-corrected chi connectivity index (χ4v) is 2.84. The van der Waals surface area contributed by atoms with Crippen LogP contribution in [0, 0.1) is 5.92 Å². The minimum atomic E-state index is -0.272. The first-order valence-corrected chi connectivity index (χ1v) is 8.29. The second kappa shape index (κ2) is 6.10. The Morgan fingerprint density at radius 1 is 1.38 bits per heavy atom. The van der Waals surface area contributed by atoms with Crippen molar-refractivity contribution in [3.63, 3.8) is 0 Å². The Morgan fingerprint density at radius 3 is 2.71 bits per heavy atom. The standard InChI is InChI=1S/C16H22N2O2S/c1-16(2,3)17-15(20)11-8-14(19)18(10-11)12-6-5-7-13(9-12)21-4/h5-7,9,11H,8,10H2,1-4H3,(H,17,20). The lowest BCUT2D eigenvalue weighted by atomic mass is 10.0. The number of carbonyl (C=O) groups excluding carboxylic acids is 2. The van der Waals surface area contributed by atoms with Crippen LogP contribution in [0.25, 0.3) is 0 Å². The molecule has 114 valence electrons. The molecule has 4 nitrogen and oxygen atoms in total. The zero-order chi connectivity index (χ0) is 15.6. The van der Waals surface area contributed by atoms with Crippen LogP contribution in [0.5, 0.6) is 0 Å². The minimum absolute atomic E-state index is 0.0160. The van der Waals surface area contributed by atoms with Gasteiger partial charge in [0.2, 0.25) is 11.8 Å². The highest BCUT2D eigenvalue weighted by molar-refractivity contribution is 7.98. The average molecular weight is 306 g/mol. The quantitative estimate of drug-likeness (QED) is 0.874. The van der Waals surface area contributed by atoms with Crippen LogP contribution in [0.1, 0.15) is 27.2 Å². The Bertz CT molecular complexity index is 551. The number of nitrogens with zero attached hydrogens (tertiary/aromatic N) is 1. The van der Waals surface area contributed by atoms with E-state index < -0.39 is 0 Å². The molecule has 21 heavy (non-hydrogen) atoms. The Hall–Kier alpha value is -1.49. The maximum absolute atomic E-state index is 12.2. The molecule has 0 bridgehead atoms. The molecule has 0 aliphatic carbocycles. The molecular formula is C16H22N2O2S. The first kappa shape index (κ1) is 15.9. The molecule has 2 rings (SSSR count). The lowest BCUT2D eigenvalue weighted by Gasteiger charge is -2.23. The van der Waals surface area contributed by atoms with Crippen molar-refractivity contribution in [2.75, 3.05) is 17.7 Å². The molecule has 1 aromatic carbocycles. The smallest absolute Gasteiger partial charge is 0.227 e. The third-order valence-corrected chi connectivity index (χ3v) is 4.08. The lowest BCUT2D eigenvalue weighted by Crippen LogP contribution is -2.44. The number of anilines is 1. The van der Waals surface area contributed by atoms with Crippen molar-refractivity contribution in [1.29, 1.82) is 0 Å². The molecule has 1 aliphatic rings. The van der Waals surface area contributed by atoms with Crippen molar-refractivity contribution >= 4 is 29.3 Å². The van der Waals surface area contributed by atoms with Gasteiger partial charge in [0, 0.05) is 29.1 Å². The van der Waals surface area contributed by atoms with Gasteiger partial charge in [-0.3, -0.25) is 9.59 Å². The van der Waals surface area contributed by atoms with Gasteiger partial charge in [0.25, 0.3) is 0 Å². The summed E-state index contributed by atoms with van der Waals surface area (Å²) < 4.78 is 0. The third kappa shape index (κ3) is 4.00. The number of amides is 2. The monoisotopic (exact) mass is 306 g/mol. The van der Waals surface area contributed by atoms with E-state index in [1.165, 1.54) is 0 Å². The zero-order valence-electron chi connectivity index (χ0n) is 13.0. The van der Waals surface area contributed by atoms with E-state index in [1.54, 1.807) is 16.7 Å². The summed E-state index contributed by atoms with van der Waals surface area (Å²) in [4.78, 5) is 27.2. The average Bonchev–Trinajstić information content (AvgIpc) is 2.79. The molecule has 1 saturated heterocycles. The van der Waals surface area contributed by atoms with Crippen molar-refractivity contribution in [3.05, 3.63) is 24.3 Å². The van der Waals surface area contributed by atoms with Crippen LogP contribution in [-0.2, 0) is 9.59 Å². The number of thioether (sulfide) groups is 1. The van der Waals surface area contributed by atoms with Crippen LogP contribution in [0.4, 0.5) is 5.69 Å². The number of hydrogen-bond acceptors (Lipinski definition) is 3. The van der Waals surface area contributed by atoms with Crippen molar-refractivity contribution in [1.82, 2.24) is 5.32 Å². The summed E-state index contributed by atoms with van der Waals surface area (Å²) in [6.07, 6.45) is 2.29. The summed E-state index contributed by atoms with van der Waals surface area (Å²) in [5.41, 5.74) is 0.602. The maximum Gasteiger partial charge on any atom is 0.227 e.